The summed E-state index contributed by atoms with van der Waals surface area (Å²) >= 11 is 3.46. The topological polar surface area (TPSA) is 97.3 Å². The van der Waals surface area contributed by atoms with Gasteiger partial charge >= 0.3 is 12.2 Å². The summed E-state index contributed by atoms with van der Waals surface area (Å²) in [5, 5.41) is 10.8. The van der Waals surface area contributed by atoms with Crippen LogP contribution in [0.15, 0.2) is 28.8 Å². The summed E-state index contributed by atoms with van der Waals surface area (Å²) in [5.41, 5.74) is 4.00. The summed E-state index contributed by atoms with van der Waals surface area (Å²) in [6.07, 6.45) is 1.17. The van der Waals surface area contributed by atoms with Crippen LogP contribution in [-0.2, 0) is 16.1 Å². The molecular weight excluding hydrogens is 444 g/mol. The Kier molecular flexibility index (Phi) is 6.38. The molecule has 29 heavy (non-hydrogen) atoms. The number of ether oxygens (including phenoxy) is 3. The normalized spacial score (nSPS) is 21.6. The summed E-state index contributed by atoms with van der Waals surface area (Å²) in [6, 6.07) is 3.15. The van der Waals surface area contributed by atoms with Gasteiger partial charge in [0.1, 0.15) is 11.9 Å². The number of aliphatic hydroxyl groups excluding tert-OH is 1. The van der Waals surface area contributed by atoms with Crippen LogP contribution in [0.25, 0.3) is 0 Å². The Morgan fingerprint density at radius 1 is 1.21 bits per heavy atom. The van der Waals surface area contributed by atoms with Gasteiger partial charge in [0.2, 0.25) is 0 Å². The number of nitrogens with zero attached hydrogens (tertiary/aromatic N) is 1. The highest BCUT2D eigenvalue weighted by molar-refractivity contribution is 9.10. The minimum Gasteiger partial charge on any atom is -0.485 e. The number of hydrazine groups is 1. The molecule has 9 heteroatoms. The quantitative estimate of drug-likeness (QED) is 0.517. The minimum absolute atomic E-state index is 0.173. The molecule has 158 valence electrons. The van der Waals surface area contributed by atoms with Crippen LogP contribution < -0.4 is 10.2 Å². The van der Waals surface area contributed by atoms with Crippen molar-refractivity contribution >= 4 is 28.1 Å². The molecule has 8 nitrogen and oxygen atoms in total. The van der Waals surface area contributed by atoms with Gasteiger partial charge in [0.15, 0.2) is 0 Å². The standard InChI is InChI=1S/C20H25BrN2O6/c1-10(2)27-19(25)22-23(20(26)28-11(3)4)15-5-6-16-17(15)14-8-13(21)7-12(9-24)18(14)29-16/h5-8,10-11,15-17,24H,9H2,1-4H3,(H,22,25)/t15-,16-,17+/m1/s1. The Balaban J connectivity index is 1.93. The van der Waals surface area contributed by atoms with Gasteiger partial charge in [-0.25, -0.2) is 20.0 Å². The summed E-state index contributed by atoms with van der Waals surface area (Å²) in [6.45, 7) is 6.73. The molecular formula is C20H25BrN2O6. The lowest BCUT2D eigenvalue weighted by molar-refractivity contribution is 0.0332. The van der Waals surface area contributed by atoms with E-state index >= 15 is 0 Å². The fraction of sp³-hybridized carbons (Fsp3) is 0.500. The van der Waals surface area contributed by atoms with Crippen molar-refractivity contribution in [1.82, 2.24) is 10.4 Å². The molecule has 1 heterocycles. The van der Waals surface area contributed by atoms with Crippen LogP contribution in [0.2, 0.25) is 0 Å². The van der Waals surface area contributed by atoms with Crippen molar-refractivity contribution in [3.05, 3.63) is 39.9 Å². The monoisotopic (exact) mass is 468 g/mol. The molecule has 1 aliphatic carbocycles. The first kappa shape index (κ1) is 21.4. The van der Waals surface area contributed by atoms with E-state index in [1.54, 1.807) is 39.8 Å². The van der Waals surface area contributed by atoms with Crippen molar-refractivity contribution in [2.45, 2.75) is 64.6 Å². The van der Waals surface area contributed by atoms with Gasteiger partial charge in [0.25, 0.3) is 0 Å². The maximum atomic E-state index is 12.8. The maximum Gasteiger partial charge on any atom is 0.429 e. The first-order valence-corrected chi connectivity index (χ1v) is 10.3. The van der Waals surface area contributed by atoms with E-state index < -0.39 is 18.2 Å². The Labute approximate surface area is 177 Å². The van der Waals surface area contributed by atoms with Crippen molar-refractivity contribution in [1.29, 1.82) is 0 Å². The third-order valence-corrected chi connectivity index (χ3v) is 5.01. The number of hydrogen-bond acceptors (Lipinski definition) is 6. The summed E-state index contributed by atoms with van der Waals surface area (Å²) in [7, 11) is 0. The fourth-order valence-electron chi connectivity index (χ4n) is 3.53. The molecule has 0 saturated heterocycles. The number of carbonyl (C=O) groups excluding carboxylic acids is 2. The third kappa shape index (κ3) is 4.51. The van der Waals surface area contributed by atoms with Gasteiger partial charge in [-0.05, 0) is 45.9 Å². The van der Waals surface area contributed by atoms with Gasteiger partial charge in [-0.3, -0.25) is 0 Å². The summed E-state index contributed by atoms with van der Waals surface area (Å²) in [4.78, 5) is 25.0. The van der Waals surface area contributed by atoms with E-state index in [1.165, 1.54) is 0 Å². The van der Waals surface area contributed by atoms with Gasteiger partial charge < -0.3 is 19.3 Å². The fourth-order valence-corrected chi connectivity index (χ4v) is 4.06. The molecule has 3 atom stereocenters. The number of fused-ring (bicyclic) bond motifs is 3. The highest BCUT2D eigenvalue weighted by Crippen LogP contribution is 2.48. The van der Waals surface area contributed by atoms with E-state index in [1.807, 2.05) is 12.1 Å². The van der Waals surface area contributed by atoms with Crippen LogP contribution in [0.3, 0.4) is 0 Å². The molecule has 1 aromatic rings. The molecule has 0 radical (unpaired) electrons. The number of rotatable bonds is 4. The number of benzene rings is 1. The lowest BCUT2D eigenvalue weighted by Gasteiger charge is -2.31. The SMILES string of the molecule is CC(C)OC(=O)NN(C(=O)OC(C)C)[C@@H]1C=C[C@H]2Oc3c(CO)cc(Br)cc3[C@@H]12. The van der Waals surface area contributed by atoms with Crippen LogP contribution in [0, 0.1) is 0 Å². The predicted molar refractivity (Wildman–Crippen MR) is 108 cm³/mol. The highest BCUT2D eigenvalue weighted by atomic mass is 79.9. The van der Waals surface area contributed by atoms with E-state index in [0.29, 0.717) is 11.3 Å². The first-order chi connectivity index (χ1) is 13.7. The zero-order valence-electron chi connectivity index (χ0n) is 16.7. The van der Waals surface area contributed by atoms with Crippen LogP contribution in [0.4, 0.5) is 9.59 Å². The lowest BCUT2D eigenvalue weighted by Crippen LogP contribution is -2.54. The van der Waals surface area contributed by atoms with Gasteiger partial charge in [-0.2, -0.15) is 0 Å². The molecule has 1 aromatic carbocycles. The first-order valence-electron chi connectivity index (χ1n) is 9.46. The number of hydrogen-bond donors (Lipinski definition) is 2. The predicted octanol–water partition coefficient (Wildman–Crippen LogP) is 3.62. The molecule has 2 N–H and O–H groups in total. The largest absolute Gasteiger partial charge is 0.485 e. The average Bonchev–Trinajstić information content (AvgIpc) is 3.17. The second-order valence-corrected chi connectivity index (χ2v) is 8.41. The number of amides is 2. The van der Waals surface area contributed by atoms with Crippen LogP contribution in [-0.4, -0.2) is 46.7 Å². The van der Waals surface area contributed by atoms with E-state index in [9.17, 15) is 14.7 Å². The van der Waals surface area contributed by atoms with Gasteiger partial charge in [0.05, 0.1) is 30.8 Å². The van der Waals surface area contributed by atoms with Crippen molar-refractivity contribution in [3.63, 3.8) is 0 Å². The van der Waals surface area contributed by atoms with Gasteiger partial charge in [-0.15, -0.1) is 0 Å². The molecule has 3 rings (SSSR count). The van der Waals surface area contributed by atoms with Crippen LogP contribution in [0.1, 0.15) is 44.7 Å². The Morgan fingerprint density at radius 2 is 1.90 bits per heavy atom. The zero-order valence-corrected chi connectivity index (χ0v) is 18.3. The van der Waals surface area contributed by atoms with Crippen molar-refractivity contribution in [3.8, 4) is 5.75 Å². The van der Waals surface area contributed by atoms with Crippen molar-refractivity contribution < 1.29 is 28.9 Å². The van der Waals surface area contributed by atoms with Crippen LogP contribution in [0.5, 0.6) is 5.75 Å². The van der Waals surface area contributed by atoms with E-state index in [2.05, 4.69) is 21.4 Å². The summed E-state index contributed by atoms with van der Waals surface area (Å²) < 4.78 is 17.3. The molecule has 2 aliphatic rings. The molecule has 0 unspecified atom stereocenters. The lowest BCUT2D eigenvalue weighted by atomic mass is 9.92. The second-order valence-electron chi connectivity index (χ2n) is 7.49. The molecule has 0 saturated carbocycles. The van der Waals surface area contributed by atoms with E-state index in [-0.39, 0.29) is 30.8 Å². The summed E-state index contributed by atoms with van der Waals surface area (Å²) in [5.74, 6) is 0.328. The van der Waals surface area contributed by atoms with E-state index in [0.717, 1.165) is 15.0 Å². The molecule has 0 fully saturated rings. The van der Waals surface area contributed by atoms with E-state index in [4.69, 9.17) is 14.2 Å². The molecule has 0 aromatic heterocycles. The Bertz CT molecular complexity index is 825. The average molecular weight is 469 g/mol. The number of aliphatic hydroxyl groups is 1. The number of nitrogens with one attached hydrogen (secondary N) is 1. The molecule has 0 bridgehead atoms. The smallest absolute Gasteiger partial charge is 0.429 e. The zero-order chi connectivity index (χ0) is 21.3. The third-order valence-electron chi connectivity index (χ3n) is 4.55. The maximum absolute atomic E-state index is 12.8. The molecule has 1 aliphatic heterocycles. The van der Waals surface area contributed by atoms with Gasteiger partial charge in [-0.1, -0.05) is 22.0 Å². The van der Waals surface area contributed by atoms with Gasteiger partial charge in [0, 0.05) is 15.6 Å². The van der Waals surface area contributed by atoms with Crippen molar-refractivity contribution in [2.24, 2.45) is 0 Å². The van der Waals surface area contributed by atoms with Crippen molar-refractivity contribution in [2.75, 3.05) is 0 Å². The number of halogens is 1. The Morgan fingerprint density at radius 3 is 2.52 bits per heavy atom. The minimum atomic E-state index is -0.748. The molecule has 0 spiro atoms. The Hall–Kier alpha value is -2.26. The molecule has 2 amide bonds. The number of carbonyl (C=O) groups is 2. The van der Waals surface area contributed by atoms with Crippen LogP contribution >= 0.6 is 15.9 Å². The highest BCUT2D eigenvalue weighted by Gasteiger charge is 2.47. The second kappa shape index (κ2) is 8.62.